The van der Waals surface area contributed by atoms with Crippen molar-refractivity contribution < 1.29 is 23.8 Å². The zero-order chi connectivity index (χ0) is 26.6. The van der Waals surface area contributed by atoms with Crippen LogP contribution in [0.4, 0.5) is 0 Å². The first-order valence-electron chi connectivity index (χ1n) is 12.8. The van der Waals surface area contributed by atoms with Crippen molar-refractivity contribution in [2.75, 3.05) is 26.2 Å². The topological polar surface area (TPSA) is 83.2 Å². The SMILES string of the molecule is CCN(CC)CCN1C(=O)C(O)=C(C(=O)c2cc3ccccc3o2)[C@H]1c1cccc(Oc2ccccc2)c1. The van der Waals surface area contributed by atoms with Crippen LogP contribution in [0.25, 0.3) is 11.0 Å². The Labute approximate surface area is 221 Å². The molecule has 1 amide bonds. The first-order chi connectivity index (χ1) is 18.5. The number of carbonyl (C=O) groups excluding carboxylic acids is 2. The summed E-state index contributed by atoms with van der Waals surface area (Å²) in [5, 5.41) is 11.8. The first-order valence-corrected chi connectivity index (χ1v) is 12.8. The molecule has 7 nitrogen and oxygen atoms in total. The van der Waals surface area contributed by atoms with Gasteiger partial charge in [0.25, 0.3) is 5.91 Å². The fourth-order valence-electron chi connectivity index (χ4n) is 4.85. The number of furan rings is 1. The molecule has 3 aromatic carbocycles. The Morgan fingerprint density at radius 3 is 2.39 bits per heavy atom. The number of amides is 1. The molecule has 194 valence electrons. The second kappa shape index (κ2) is 10.9. The molecular weight excluding hydrogens is 480 g/mol. The quantitative estimate of drug-likeness (QED) is 0.258. The Hall–Kier alpha value is -4.36. The minimum absolute atomic E-state index is 0.00506. The monoisotopic (exact) mass is 510 g/mol. The van der Waals surface area contributed by atoms with Gasteiger partial charge in [0, 0.05) is 18.5 Å². The van der Waals surface area contributed by atoms with Crippen molar-refractivity contribution in [3.63, 3.8) is 0 Å². The van der Waals surface area contributed by atoms with Crippen LogP contribution in [0.5, 0.6) is 11.5 Å². The van der Waals surface area contributed by atoms with Crippen molar-refractivity contribution in [2.45, 2.75) is 19.9 Å². The number of rotatable bonds is 10. The zero-order valence-electron chi connectivity index (χ0n) is 21.5. The molecule has 0 spiro atoms. The van der Waals surface area contributed by atoms with Gasteiger partial charge in [0.2, 0.25) is 5.78 Å². The van der Waals surface area contributed by atoms with Gasteiger partial charge in [-0.1, -0.05) is 62.4 Å². The smallest absolute Gasteiger partial charge is 0.290 e. The molecule has 1 aromatic heterocycles. The summed E-state index contributed by atoms with van der Waals surface area (Å²) in [7, 11) is 0. The van der Waals surface area contributed by atoms with Gasteiger partial charge in [0.1, 0.15) is 17.1 Å². The highest BCUT2D eigenvalue weighted by molar-refractivity contribution is 6.16. The minimum Gasteiger partial charge on any atom is -0.503 e. The molecule has 7 heteroatoms. The molecule has 0 saturated carbocycles. The number of aliphatic hydroxyl groups is 1. The Balaban J connectivity index is 1.54. The highest BCUT2D eigenvalue weighted by Gasteiger charge is 2.44. The number of Topliss-reactive ketones (excluding diaryl/α,β-unsaturated/α-hetero) is 1. The molecule has 2 heterocycles. The predicted octanol–water partition coefficient (Wildman–Crippen LogP) is 6.15. The Morgan fingerprint density at radius 2 is 1.66 bits per heavy atom. The summed E-state index contributed by atoms with van der Waals surface area (Å²) in [6.07, 6.45) is 0. The number of ether oxygens (including phenoxy) is 1. The summed E-state index contributed by atoms with van der Waals surface area (Å²) in [5.41, 5.74) is 1.23. The van der Waals surface area contributed by atoms with Gasteiger partial charge in [-0.2, -0.15) is 0 Å². The van der Waals surface area contributed by atoms with Gasteiger partial charge in [0.15, 0.2) is 11.5 Å². The normalized spacial score (nSPS) is 15.6. The van der Waals surface area contributed by atoms with Crippen LogP contribution >= 0.6 is 0 Å². The molecule has 0 aliphatic carbocycles. The highest BCUT2D eigenvalue weighted by Crippen LogP contribution is 2.40. The maximum Gasteiger partial charge on any atom is 0.290 e. The molecule has 0 unspecified atom stereocenters. The number of fused-ring (bicyclic) bond motifs is 1. The van der Waals surface area contributed by atoms with E-state index in [1.165, 1.54) is 0 Å². The van der Waals surface area contributed by atoms with Crippen LogP contribution in [0.3, 0.4) is 0 Å². The van der Waals surface area contributed by atoms with Gasteiger partial charge in [0.05, 0.1) is 11.6 Å². The summed E-state index contributed by atoms with van der Waals surface area (Å²) in [6.45, 7) is 6.72. The number of hydrogen-bond acceptors (Lipinski definition) is 6. The van der Waals surface area contributed by atoms with Gasteiger partial charge in [-0.3, -0.25) is 9.59 Å². The van der Waals surface area contributed by atoms with Crippen molar-refractivity contribution in [3.05, 3.63) is 108 Å². The maximum atomic E-state index is 13.8. The van der Waals surface area contributed by atoms with Crippen molar-refractivity contribution >= 4 is 22.7 Å². The van der Waals surface area contributed by atoms with E-state index in [1.807, 2.05) is 66.7 Å². The average molecular weight is 511 g/mol. The number of para-hydroxylation sites is 2. The molecular formula is C31H30N2O5. The van der Waals surface area contributed by atoms with E-state index < -0.39 is 23.5 Å². The fourth-order valence-corrected chi connectivity index (χ4v) is 4.85. The molecule has 0 radical (unpaired) electrons. The molecule has 4 aromatic rings. The van der Waals surface area contributed by atoms with E-state index in [-0.39, 0.29) is 11.3 Å². The summed E-state index contributed by atoms with van der Waals surface area (Å²) in [4.78, 5) is 30.9. The third-order valence-electron chi connectivity index (χ3n) is 6.90. The number of hydrogen-bond donors (Lipinski definition) is 1. The lowest BCUT2D eigenvalue weighted by Crippen LogP contribution is -2.38. The van der Waals surface area contributed by atoms with E-state index in [1.54, 1.807) is 23.1 Å². The second-order valence-corrected chi connectivity index (χ2v) is 9.16. The molecule has 5 rings (SSSR count). The van der Waals surface area contributed by atoms with Crippen LogP contribution in [0, 0.1) is 0 Å². The van der Waals surface area contributed by atoms with Gasteiger partial charge in [-0.25, -0.2) is 0 Å². The van der Waals surface area contributed by atoms with E-state index >= 15 is 0 Å². The van der Waals surface area contributed by atoms with Crippen LogP contribution in [0.15, 0.2) is 101 Å². The van der Waals surface area contributed by atoms with Crippen molar-refractivity contribution in [1.82, 2.24) is 9.80 Å². The van der Waals surface area contributed by atoms with Gasteiger partial charge < -0.3 is 24.1 Å². The third-order valence-corrected chi connectivity index (χ3v) is 6.90. The van der Waals surface area contributed by atoms with E-state index in [9.17, 15) is 14.7 Å². The zero-order valence-corrected chi connectivity index (χ0v) is 21.5. The van der Waals surface area contributed by atoms with Crippen LogP contribution in [0.1, 0.15) is 36.0 Å². The van der Waals surface area contributed by atoms with Gasteiger partial charge in [-0.05, 0) is 55.1 Å². The third kappa shape index (κ3) is 4.93. The van der Waals surface area contributed by atoms with Gasteiger partial charge in [-0.15, -0.1) is 0 Å². The summed E-state index contributed by atoms with van der Waals surface area (Å²) in [5.74, 6) is -0.329. The molecule has 1 aliphatic rings. The lowest BCUT2D eigenvalue weighted by Gasteiger charge is -2.29. The standard InChI is InChI=1S/C31H30N2O5/c1-3-32(4-2)17-18-33-28(22-12-10-15-24(19-22)37-23-13-6-5-7-14-23)27(30(35)31(33)36)29(34)26-20-21-11-8-9-16-25(21)38-26/h5-16,19-20,28,35H,3-4,17-18H2,1-2H3/t28-/m1/s1. The van der Waals surface area contributed by atoms with E-state index in [2.05, 4.69) is 18.7 Å². The molecule has 0 bridgehead atoms. The average Bonchev–Trinajstić information content (AvgIpc) is 3.49. The van der Waals surface area contributed by atoms with Crippen LogP contribution in [-0.4, -0.2) is 52.8 Å². The van der Waals surface area contributed by atoms with Gasteiger partial charge >= 0.3 is 0 Å². The second-order valence-electron chi connectivity index (χ2n) is 9.16. The van der Waals surface area contributed by atoms with E-state index in [4.69, 9.17) is 9.15 Å². The predicted molar refractivity (Wildman–Crippen MR) is 145 cm³/mol. The number of ketones is 1. The number of benzene rings is 3. The molecule has 0 fully saturated rings. The Kier molecular flexibility index (Phi) is 7.29. The number of likely N-dealkylation sites (N-methyl/N-ethyl adjacent to an activating group) is 1. The van der Waals surface area contributed by atoms with Crippen LogP contribution < -0.4 is 4.74 Å². The van der Waals surface area contributed by atoms with E-state index in [0.717, 1.165) is 18.5 Å². The Morgan fingerprint density at radius 1 is 0.947 bits per heavy atom. The Bertz CT molecular complexity index is 1450. The number of nitrogens with zero attached hydrogens (tertiary/aromatic N) is 2. The lowest BCUT2D eigenvalue weighted by atomic mass is 9.95. The number of carbonyl (C=O) groups is 2. The lowest BCUT2D eigenvalue weighted by molar-refractivity contribution is -0.129. The molecule has 0 saturated heterocycles. The largest absolute Gasteiger partial charge is 0.503 e. The van der Waals surface area contributed by atoms with Crippen LogP contribution in [0.2, 0.25) is 0 Å². The van der Waals surface area contributed by atoms with Crippen LogP contribution in [-0.2, 0) is 4.79 Å². The molecule has 1 atom stereocenters. The van der Waals surface area contributed by atoms with E-state index in [0.29, 0.717) is 35.7 Å². The molecule has 38 heavy (non-hydrogen) atoms. The highest BCUT2D eigenvalue weighted by atomic mass is 16.5. The maximum absolute atomic E-state index is 13.8. The van der Waals surface area contributed by atoms with Crippen molar-refractivity contribution in [3.8, 4) is 11.5 Å². The van der Waals surface area contributed by atoms with Crippen molar-refractivity contribution in [2.24, 2.45) is 0 Å². The van der Waals surface area contributed by atoms with Crippen molar-refractivity contribution in [1.29, 1.82) is 0 Å². The summed E-state index contributed by atoms with van der Waals surface area (Å²) in [6, 6.07) is 24.8. The summed E-state index contributed by atoms with van der Waals surface area (Å²) >= 11 is 0. The fraction of sp³-hybridized carbons (Fsp3) is 0.226. The first kappa shape index (κ1) is 25.3. The molecule has 1 aliphatic heterocycles. The minimum atomic E-state index is -0.793. The molecule has 1 N–H and O–H groups in total. The summed E-state index contributed by atoms with van der Waals surface area (Å²) < 4.78 is 11.9. The number of aliphatic hydroxyl groups excluding tert-OH is 1.